The van der Waals surface area contributed by atoms with Gasteiger partial charge in [0.1, 0.15) is 17.5 Å². The van der Waals surface area contributed by atoms with Crippen LogP contribution < -0.4 is 9.47 Å². The van der Waals surface area contributed by atoms with E-state index in [0.717, 1.165) is 11.3 Å². The van der Waals surface area contributed by atoms with Crippen molar-refractivity contribution in [3.63, 3.8) is 0 Å². The molecule has 0 amide bonds. The fraction of sp³-hybridized carbons (Fsp3) is 0.182. The van der Waals surface area contributed by atoms with E-state index >= 15 is 0 Å². The molecule has 3 nitrogen and oxygen atoms in total. The summed E-state index contributed by atoms with van der Waals surface area (Å²) in [6.45, 7) is 0.480. The van der Waals surface area contributed by atoms with Crippen LogP contribution in [0.3, 0.4) is 0 Å². The zero-order valence-corrected chi connectivity index (χ0v) is 10.2. The summed E-state index contributed by atoms with van der Waals surface area (Å²) in [7, 11) is 1.64. The summed E-state index contributed by atoms with van der Waals surface area (Å²) in [6.07, 6.45) is 0. The summed E-state index contributed by atoms with van der Waals surface area (Å²) in [5, 5.41) is 2.79. The first kappa shape index (κ1) is 11.2. The normalized spacial score (nSPS) is 10.1. The number of benzene rings is 1. The zero-order chi connectivity index (χ0) is 11.4. The molecule has 0 bridgehead atoms. The average Bonchev–Trinajstić information content (AvgIpc) is 2.73. The molecule has 0 spiro atoms. The number of nitrogens with zero attached hydrogens (tertiary/aromatic N) is 1. The molecule has 84 valence electrons. The van der Waals surface area contributed by atoms with E-state index in [1.165, 1.54) is 11.3 Å². The van der Waals surface area contributed by atoms with Crippen LogP contribution in [0.2, 0.25) is 5.15 Å². The first-order valence-electron chi connectivity index (χ1n) is 4.64. The Morgan fingerprint density at radius 1 is 1.31 bits per heavy atom. The van der Waals surface area contributed by atoms with Gasteiger partial charge in [0.15, 0.2) is 0 Å². The van der Waals surface area contributed by atoms with Gasteiger partial charge in [0.25, 0.3) is 5.19 Å². The number of ether oxygens (including phenoxy) is 2. The highest BCUT2D eigenvalue weighted by Gasteiger charge is 2.01. The number of hydrogen-bond acceptors (Lipinski definition) is 4. The standard InChI is InChI=1S/C11H10ClNO2S/c1-14-9-4-2-8(3-5-9)6-15-11-13-10(12)7-16-11/h2-5,7H,6H2,1H3. The van der Waals surface area contributed by atoms with E-state index < -0.39 is 0 Å². The maximum Gasteiger partial charge on any atom is 0.274 e. The summed E-state index contributed by atoms with van der Waals surface area (Å²) in [5.41, 5.74) is 1.06. The molecular formula is C11H10ClNO2S. The van der Waals surface area contributed by atoms with Crippen LogP contribution in [0.25, 0.3) is 0 Å². The lowest BCUT2D eigenvalue weighted by atomic mass is 10.2. The zero-order valence-electron chi connectivity index (χ0n) is 8.64. The molecule has 1 aromatic heterocycles. The second-order valence-corrected chi connectivity index (χ2v) is 4.28. The minimum Gasteiger partial charge on any atom is -0.497 e. The Balaban J connectivity index is 1.94. The van der Waals surface area contributed by atoms with Gasteiger partial charge in [0.05, 0.1) is 7.11 Å². The van der Waals surface area contributed by atoms with Crippen LogP contribution in [0, 0.1) is 0 Å². The van der Waals surface area contributed by atoms with Crippen LogP contribution >= 0.6 is 22.9 Å². The predicted octanol–water partition coefficient (Wildman–Crippen LogP) is 3.38. The smallest absolute Gasteiger partial charge is 0.274 e. The topological polar surface area (TPSA) is 31.4 Å². The monoisotopic (exact) mass is 255 g/mol. The number of halogens is 1. The summed E-state index contributed by atoms with van der Waals surface area (Å²) in [6, 6.07) is 7.70. The van der Waals surface area contributed by atoms with Gasteiger partial charge in [-0.25, -0.2) is 0 Å². The minimum atomic E-state index is 0.467. The lowest BCUT2D eigenvalue weighted by Gasteiger charge is -2.03. The molecule has 1 heterocycles. The van der Waals surface area contributed by atoms with E-state index in [0.29, 0.717) is 17.0 Å². The third kappa shape index (κ3) is 2.87. The van der Waals surface area contributed by atoms with Crippen molar-refractivity contribution in [2.24, 2.45) is 0 Å². The van der Waals surface area contributed by atoms with Gasteiger partial charge in [-0.05, 0) is 17.7 Å². The molecule has 5 heteroatoms. The maximum atomic E-state index is 5.68. The molecule has 0 saturated carbocycles. The Morgan fingerprint density at radius 2 is 2.06 bits per heavy atom. The molecule has 0 aliphatic carbocycles. The van der Waals surface area contributed by atoms with Crippen LogP contribution in [0.4, 0.5) is 0 Å². The number of hydrogen-bond donors (Lipinski definition) is 0. The molecule has 16 heavy (non-hydrogen) atoms. The second-order valence-electron chi connectivity index (χ2n) is 3.07. The summed E-state index contributed by atoms with van der Waals surface area (Å²) >= 11 is 7.07. The third-order valence-electron chi connectivity index (χ3n) is 1.98. The first-order valence-corrected chi connectivity index (χ1v) is 5.90. The van der Waals surface area contributed by atoms with Gasteiger partial charge in [0, 0.05) is 5.38 Å². The first-order chi connectivity index (χ1) is 7.78. The van der Waals surface area contributed by atoms with Gasteiger partial charge >= 0.3 is 0 Å². The SMILES string of the molecule is COc1ccc(COc2nc(Cl)cs2)cc1. The van der Waals surface area contributed by atoms with Gasteiger partial charge in [0.2, 0.25) is 0 Å². The van der Waals surface area contributed by atoms with Crippen molar-refractivity contribution in [2.45, 2.75) is 6.61 Å². The van der Waals surface area contributed by atoms with Gasteiger partial charge in [-0.3, -0.25) is 0 Å². The lowest BCUT2D eigenvalue weighted by Crippen LogP contribution is -1.94. The molecule has 0 unspecified atom stereocenters. The maximum absolute atomic E-state index is 5.68. The van der Waals surface area contributed by atoms with Crippen LogP contribution in [0.1, 0.15) is 5.56 Å². The number of aromatic nitrogens is 1. The summed E-state index contributed by atoms with van der Waals surface area (Å²) in [4.78, 5) is 4.00. The summed E-state index contributed by atoms with van der Waals surface area (Å²) < 4.78 is 10.5. The minimum absolute atomic E-state index is 0.467. The van der Waals surface area contributed by atoms with Crippen LogP contribution in [0.5, 0.6) is 10.9 Å². The molecule has 0 N–H and O–H groups in total. The Morgan fingerprint density at radius 3 is 2.62 bits per heavy atom. The second kappa shape index (κ2) is 5.18. The van der Waals surface area contributed by atoms with E-state index in [2.05, 4.69) is 4.98 Å². The van der Waals surface area contributed by atoms with Gasteiger partial charge < -0.3 is 9.47 Å². The van der Waals surface area contributed by atoms with Gasteiger partial charge in [-0.15, -0.1) is 0 Å². The molecule has 0 aliphatic heterocycles. The number of rotatable bonds is 4. The van der Waals surface area contributed by atoms with Crippen molar-refractivity contribution in [3.8, 4) is 10.9 Å². The van der Waals surface area contributed by atoms with Crippen molar-refractivity contribution in [1.29, 1.82) is 0 Å². The summed E-state index contributed by atoms with van der Waals surface area (Å²) in [5.74, 6) is 0.834. The molecule has 2 rings (SSSR count). The molecule has 0 radical (unpaired) electrons. The van der Waals surface area contributed by atoms with E-state index in [9.17, 15) is 0 Å². The molecular weight excluding hydrogens is 246 g/mol. The third-order valence-corrected chi connectivity index (χ3v) is 3.05. The van der Waals surface area contributed by atoms with E-state index in [1.54, 1.807) is 12.5 Å². The highest BCUT2D eigenvalue weighted by Crippen LogP contribution is 2.22. The fourth-order valence-corrected chi connectivity index (χ4v) is 1.96. The van der Waals surface area contributed by atoms with E-state index in [-0.39, 0.29) is 0 Å². The van der Waals surface area contributed by atoms with Gasteiger partial charge in [-0.2, -0.15) is 4.98 Å². The number of thiazole rings is 1. The molecule has 0 saturated heterocycles. The molecule has 0 aliphatic rings. The fourth-order valence-electron chi connectivity index (χ4n) is 1.17. The molecule has 0 atom stereocenters. The van der Waals surface area contributed by atoms with Crippen LogP contribution in [-0.2, 0) is 6.61 Å². The van der Waals surface area contributed by atoms with Crippen LogP contribution in [0.15, 0.2) is 29.6 Å². The molecule has 2 aromatic rings. The van der Waals surface area contributed by atoms with Crippen LogP contribution in [-0.4, -0.2) is 12.1 Å². The molecule has 1 aromatic carbocycles. The van der Waals surface area contributed by atoms with E-state index in [1.807, 2.05) is 24.3 Å². The van der Waals surface area contributed by atoms with Crippen molar-refractivity contribution in [2.75, 3.05) is 7.11 Å². The van der Waals surface area contributed by atoms with Crippen molar-refractivity contribution in [3.05, 3.63) is 40.4 Å². The predicted molar refractivity (Wildman–Crippen MR) is 64.5 cm³/mol. The quantitative estimate of drug-likeness (QED) is 0.839. The van der Waals surface area contributed by atoms with Crippen molar-refractivity contribution >= 4 is 22.9 Å². The van der Waals surface area contributed by atoms with Crippen molar-refractivity contribution < 1.29 is 9.47 Å². The van der Waals surface area contributed by atoms with E-state index in [4.69, 9.17) is 21.1 Å². The highest BCUT2D eigenvalue weighted by molar-refractivity contribution is 7.11. The Hall–Kier alpha value is -1.26. The Kier molecular flexibility index (Phi) is 3.64. The molecule has 0 fully saturated rings. The Bertz CT molecular complexity index is 455. The Labute approximate surface area is 103 Å². The highest BCUT2D eigenvalue weighted by atomic mass is 35.5. The largest absolute Gasteiger partial charge is 0.497 e. The lowest BCUT2D eigenvalue weighted by molar-refractivity contribution is 0.304. The van der Waals surface area contributed by atoms with Crippen molar-refractivity contribution in [1.82, 2.24) is 4.98 Å². The number of methoxy groups -OCH3 is 1. The van der Waals surface area contributed by atoms with Gasteiger partial charge in [-0.1, -0.05) is 35.1 Å². The average molecular weight is 256 g/mol.